The molecule has 0 aliphatic carbocycles. The molecule has 1 N–H and O–H groups in total. The number of likely N-dealkylation sites (N-methyl/N-ethyl adjacent to an activating group) is 1. The first-order chi connectivity index (χ1) is 7.81. The van der Waals surface area contributed by atoms with Crippen molar-refractivity contribution in [3.63, 3.8) is 0 Å². The summed E-state index contributed by atoms with van der Waals surface area (Å²) in [6, 6.07) is 4.68. The maximum atomic E-state index is 5.89. The average Bonchev–Trinajstić information content (AvgIpc) is 2.74. The molecule has 16 heavy (non-hydrogen) atoms. The third-order valence-electron chi connectivity index (χ3n) is 2.91. The van der Waals surface area contributed by atoms with Crippen LogP contribution in [0.5, 0.6) is 0 Å². The van der Waals surface area contributed by atoms with E-state index in [0.717, 1.165) is 13.2 Å². The van der Waals surface area contributed by atoms with Crippen molar-refractivity contribution < 1.29 is 4.74 Å². The molecule has 90 valence electrons. The topological polar surface area (TPSA) is 21.3 Å². The van der Waals surface area contributed by atoms with E-state index in [1.165, 1.54) is 27.9 Å². The summed E-state index contributed by atoms with van der Waals surface area (Å²) in [6.45, 7) is 4.05. The van der Waals surface area contributed by atoms with Gasteiger partial charge < -0.3 is 10.1 Å². The molecule has 2 atom stereocenters. The van der Waals surface area contributed by atoms with Gasteiger partial charge in [0.1, 0.15) is 0 Å². The molecule has 0 aromatic carbocycles. The lowest BCUT2D eigenvalue weighted by Gasteiger charge is -2.30. The Balaban J connectivity index is 2.09. The summed E-state index contributed by atoms with van der Waals surface area (Å²) in [6.07, 6.45) is 4.02. The van der Waals surface area contributed by atoms with Crippen LogP contribution in [0.25, 0.3) is 0 Å². The summed E-state index contributed by atoms with van der Waals surface area (Å²) in [5.74, 6) is 0. The molecular formula is C12H18BrNOS. The Morgan fingerprint density at radius 3 is 3.00 bits per heavy atom. The van der Waals surface area contributed by atoms with Gasteiger partial charge >= 0.3 is 0 Å². The Kier molecular flexibility index (Phi) is 4.82. The van der Waals surface area contributed by atoms with Gasteiger partial charge in [0.15, 0.2) is 0 Å². The van der Waals surface area contributed by atoms with Gasteiger partial charge in [-0.05, 0) is 53.9 Å². The van der Waals surface area contributed by atoms with E-state index < -0.39 is 0 Å². The van der Waals surface area contributed by atoms with Crippen LogP contribution >= 0.6 is 27.3 Å². The largest absolute Gasteiger partial charge is 0.376 e. The van der Waals surface area contributed by atoms with Gasteiger partial charge in [-0.25, -0.2) is 0 Å². The fourth-order valence-corrected chi connectivity index (χ4v) is 3.71. The predicted molar refractivity (Wildman–Crippen MR) is 72.0 cm³/mol. The van der Waals surface area contributed by atoms with Crippen LogP contribution in [-0.4, -0.2) is 19.3 Å². The summed E-state index contributed by atoms with van der Waals surface area (Å²) in [7, 11) is 0. The lowest BCUT2D eigenvalue weighted by atomic mass is 10.0. The maximum absolute atomic E-state index is 5.89. The van der Waals surface area contributed by atoms with Gasteiger partial charge in [-0.15, -0.1) is 11.3 Å². The molecule has 2 heterocycles. The molecular weight excluding hydrogens is 286 g/mol. The Bertz CT molecular complexity index is 323. The zero-order valence-electron chi connectivity index (χ0n) is 9.54. The minimum atomic E-state index is 0.347. The molecule has 0 saturated carbocycles. The fourth-order valence-electron chi connectivity index (χ4n) is 2.16. The van der Waals surface area contributed by atoms with Crippen LogP contribution in [0.2, 0.25) is 0 Å². The Hall–Kier alpha value is 0.1000. The molecule has 0 amide bonds. The normalized spacial score (nSPS) is 23.2. The second kappa shape index (κ2) is 6.15. The molecule has 2 nitrogen and oxygen atoms in total. The highest BCUT2D eigenvalue weighted by Crippen LogP contribution is 2.32. The second-order valence-electron chi connectivity index (χ2n) is 4.08. The van der Waals surface area contributed by atoms with Gasteiger partial charge in [0.2, 0.25) is 0 Å². The predicted octanol–water partition coefficient (Wildman–Crippen LogP) is 3.73. The van der Waals surface area contributed by atoms with Crippen molar-refractivity contribution in [1.29, 1.82) is 0 Å². The molecule has 1 aromatic rings. The summed E-state index contributed by atoms with van der Waals surface area (Å²) >= 11 is 5.33. The number of nitrogens with one attached hydrogen (secondary N) is 1. The van der Waals surface area contributed by atoms with E-state index in [2.05, 4.69) is 40.3 Å². The van der Waals surface area contributed by atoms with Gasteiger partial charge in [-0.1, -0.05) is 6.92 Å². The quantitative estimate of drug-likeness (QED) is 0.915. The minimum absolute atomic E-state index is 0.347. The molecule has 1 aliphatic heterocycles. The van der Waals surface area contributed by atoms with Gasteiger partial charge in [-0.2, -0.15) is 0 Å². The number of rotatable bonds is 4. The molecule has 1 aliphatic rings. The van der Waals surface area contributed by atoms with E-state index >= 15 is 0 Å². The van der Waals surface area contributed by atoms with Crippen molar-refractivity contribution in [3.05, 3.63) is 20.8 Å². The van der Waals surface area contributed by atoms with Crippen molar-refractivity contribution >= 4 is 27.3 Å². The average molecular weight is 304 g/mol. The van der Waals surface area contributed by atoms with Crippen LogP contribution in [0, 0.1) is 0 Å². The van der Waals surface area contributed by atoms with E-state index in [-0.39, 0.29) is 0 Å². The minimum Gasteiger partial charge on any atom is -0.376 e. The Morgan fingerprint density at radius 1 is 1.56 bits per heavy atom. The molecule has 2 rings (SSSR count). The number of hydrogen-bond acceptors (Lipinski definition) is 3. The molecule has 0 bridgehead atoms. The second-order valence-corrected chi connectivity index (χ2v) is 6.58. The first kappa shape index (κ1) is 12.6. The van der Waals surface area contributed by atoms with E-state index in [0.29, 0.717) is 12.1 Å². The van der Waals surface area contributed by atoms with Crippen molar-refractivity contribution in [3.8, 4) is 0 Å². The lowest BCUT2D eigenvalue weighted by Crippen LogP contribution is -2.35. The van der Waals surface area contributed by atoms with Crippen molar-refractivity contribution in [2.45, 2.75) is 38.3 Å². The summed E-state index contributed by atoms with van der Waals surface area (Å²) in [4.78, 5) is 1.38. The summed E-state index contributed by atoms with van der Waals surface area (Å²) < 4.78 is 7.08. The third-order valence-corrected chi connectivity index (χ3v) is 4.62. The number of ether oxygens (including phenoxy) is 1. The SMILES string of the molecule is CCNC(c1ccc(Br)s1)C1CCCCO1. The van der Waals surface area contributed by atoms with E-state index in [1.807, 2.05) is 0 Å². The van der Waals surface area contributed by atoms with Crippen LogP contribution in [0.3, 0.4) is 0 Å². The van der Waals surface area contributed by atoms with Crippen LogP contribution < -0.4 is 5.32 Å². The molecule has 2 unspecified atom stereocenters. The van der Waals surface area contributed by atoms with E-state index in [1.54, 1.807) is 11.3 Å². The molecule has 1 aromatic heterocycles. The molecule has 0 spiro atoms. The van der Waals surface area contributed by atoms with Crippen molar-refractivity contribution in [2.24, 2.45) is 0 Å². The lowest BCUT2D eigenvalue weighted by molar-refractivity contribution is -0.00712. The monoisotopic (exact) mass is 303 g/mol. The van der Waals surface area contributed by atoms with Gasteiger partial charge in [0.25, 0.3) is 0 Å². The van der Waals surface area contributed by atoms with E-state index in [9.17, 15) is 0 Å². The van der Waals surface area contributed by atoms with Gasteiger partial charge in [0, 0.05) is 11.5 Å². The Morgan fingerprint density at radius 2 is 2.44 bits per heavy atom. The van der Waals surface area contributed by atoms with Crippen LogP contribution in [0.4, 0.5) is 0 Å². The standard InChI is InChI=1S/C12H18BrNOS/c1-2-14-12(9-5-3-4-8-15-9)10-6-7-11(13)16-10/h6-7,9,12,14H,2-5,8H2,1H3. The van der Waals surface area contributed by atoms with Crippen LogP contribution in [0.15, 0.2) is 15.9 Å². The first-order valence-corrected chi connectivity index (χ1v) is 7.52. The first-order valence-electron chi connectivity index (χ1n) is 5.91. The zero-order valence-corrected chi connectivity index (χ0v) is 11.9. The van der Waals surface area contributed by atoms with Crippen LogP contribution in [0.1, 0.15) is 37.1 Å². The molecule has 1 fully saturated rings. The van der Waals surface area contributed by atoms with Crippen molar-refractivity contribution in [1.82, 2.24) is 5.32 Å². The fraction of sp³-hybridized carbons (Fsp3) is 0.667. The third kappa shape index (κ3) is 3.06. The zero-order chi connectivity index (χ0) is 11.4. The van der Waals surface area contributed by atoms with Gasteiger partial charge in [0.05, 0.1) is 15.9 Å². The maximum Gasteiger partial charge on any atom is 0.0777 e. The smallest absolute Gasteiger partial charge is 0.0777 e. The molecule has 4 heteroatoms. The van der Waals surface area contributed by atoms with Crippen LogP contribution in [-0.2, 0) is 4.74 Å². The number of thiophene rings is 1. The molecule has 1 saturated heterocycles. The molecule has 0 radical (unpaired) electrons. The number of hydrogen-bond donors (Lipinski definition) is 1. The highest BCUT2D eigenvalue weighted by molar-refractivity contribution is 9.11. The number of halogens is 1. The van der Waals surface area contributed by atoms with Crippen molar-refractivity contribution in [2.75, 3.05) is 13.2 Å². The highest BCUT2D eigenvalue weighted by atomic mass is 79.9. The Labute approximate surface area is 110 Å². The summed E-state index contributed by atoms with van der Waals surface area (Å²) in [5.41, 5.74) is 0. The van der Waals surface area contributed by atoms with E-state index in [4.69, 9.17) is 4.74 Å². The highest BCUT2D eigenvalue weighted by Gasteiger charge is 2.26. The summed E-state index contributed by atoms with van der Waals surface area (Å²) in [5, 5.41) is 3.55. The van der Waals surface area contributed by atoms with Gasteiger partial charge in [-0.3, -0.25) is 0 Å².